The van der Waals surface area contributed by atoms with Crippen LogP contribution in [-0.2, 0) is 11.2 Å². The molecule has 0 spiro atoms. The molecule has 0 aliphatic carbocycles. The fraction of sp³-hybridized carbons (Fsp3) is 0.667. The lowest BCUT2D eigenvalue weighted by Gasteiger charge is -2.29. The Kier molecular flexibility index (Phi) is 4.68. The van der Waals surface area contributed by atoms with E-state index in [4.69, 9.17) is 5.11 Å². The standard InChI is InChI=1S/C12H19N3O2S/c1-9(7-15-4-2-13-3-5-15)12-14-10(8-18-12)6-11(16)17/h8-9,13H,2-7H2,1H3,(H,16,17). The van der Waals surface area contributed by atoms with Crippen molar-refractivity contribution in [1.29, 1.82) is 0 Å². The fourth-order valence-corrected chi connectivity index (χ4v) is 3.01. The number of aliphatic carboxylic acids is 1. The van der Waals surface area contributed by atoms with Crippen molar-refractivity contribution in [3.05, 3.63) is 16.1 Å². The van der Waals surface area contributed by atoms with Crippen molar-refractivity contribution in [3.63, 3.8) is 0 Å². The average molecular weight is 269 g/mol. The number of carbonyl (C=O) groups is 1. The predicted molar refractivity (Wildman–Crippen MR) is 71.2 cm³/mol. The van der Waals surface area contributed by atoms with E-state index in [1.807, 2.05) is 5.38 Å². The van der Waals surface area contributed by atoms with Crippen LogP contribution in [0.5, 0.6) is 0 Å². The van der Waals surface area contributed by atoms with E-state index in [1.54, 1.807) is 11.3 Å². The molecule has 0 bridgehead atoms. The Hall–Kier alpha value is -0.980. The molecule has 1 atom stereocenters. The highest BCUT2D eigenvalue weighted by Crippen LogP contribution is 2.21. The van der Waals surface area contributed by atoms with Crippen molar-refractivity contribution in [2.45, 2.75) is 19.3 Å². The third-order valence-corrected chi connectivity index (χ3v) is 4.19. The van der Waals surface area contributed by atoms with Crippen LogP contribution >= 0.6 is 11.3 Å². The Morgan fingerprint density at radius 3 is 3.00 bits per heavy atom. The molecular weight excluding hydrogens is 250 g/mol. The second kappa shape index (κ2) is 6.26. The van der Waals surface area contributed by atoms with Gasteiger partial charge in [-0.05, 0) is 0 Å². The zero-order valence-electron chi connectivity index (χ0n) is 10.6. The van der Waals surface area contributed by atoms with Gasteiger partial charge in [-0.15, -0.1) is 11.3 Å². The van der Waals surface area contributed by atoms with Gasteiger partial charge in [0.15, 0.2) is 0 Å². The summed E-state index contributed by atoms with van der Waals surface area (Å²) < 4.78 is 0. The molecular formula is C12H19N3O2S. The van der Waals surface area contributed by atoms with E-state index in [-0.39, 0.29) is 6.42 Å². The number of nitrogens with zero attached hydrogens (tertiary/aromatic N) is 2. The van der Waals surface area contributed by atoms with E-state index in [0.717, 1.165) is 37.7 Å². The van der Waals surface area contributed by atoms with Gasteiger partial charge in [0, 0.05) is 44.0 Å². The Balaban J connectivity index is 1.89. The highest BCUT2D eigenvalue weighted by atomic mass is 32.1. The Labute approximate surface area is 111 Å². The van der Waals surface area contributed by atoms with Crippen LogP contribution in [0.25, 0.3) is 0 Å². The molecule has 1 saturated heterocycles. The Bertz CT molecular complexity index is 402. The van der Waals surface area contributed by atoms with Gasteiger partial charge in [0.1, 0.15) is 0 Å². The number of rotatable bonds is 5. The molecule has 1 aromatic heterocycles. The van der Waals surface area contributed by atoms with Crippen molar-refractivity contribution < 1.29 is 9.90 Å². The van der Waals surface area contributed by atoms with Gasteiger partial charge in [-0.3, -0.25) is 4.79 Å². The van der Waals surface area contributed by atoms with Crippen LogP contribution in [0.1, 0.15) is 23.5 Å². The maximum atomic E-state index is 10.6. The molecule has 1 aliphatic rings. The molecule has 0 amide bonds. The molecule has 6 heteroatoms. The van der Waals surface area contributed by atoms with Crippen LogP contribution in [-0.4, -0.2) is 53.7 Å². The first kappa shape index (κ1) is 13.5. The number of hydrogen-bond acceptors (Lipinski definition) is 5. The van der Waals surface area contributed by atoms with E-state index in [9.17, 15) is 4.79 Å². The van der Waals surface area contributed by atoms with E-state index < -0.39 is 5.97 Å². The summed E-state index contributed by atoms with van der Waals surface area (Å²) >= 11 is 1.57. The number of aromatic nitrogens is 1. The molecule has 2 heterocycles. The molecule has 0 saturated carbocycles. The van der Waals surface area contributed by atoms with Crippen LogP contribution in [0.3, 0.4) is 0 Å². The second-order valence-electron chi connectivity index (χ2n) is 4.70. The molecule has 0 aromatic carbocycles. The Morgan fingerprint density at radius 1 is 1.61 bits per heavy atom. The van der Waals surface area contributed by atoms with E-state index in [0.29, 0.717) is 11.6 Å². The molecule has 2 N–H and O–H groups in total. The molecule has 1 aliphatic heterocycles. The third-order valence-electron chi connectivity index (χ3n) is 3.07. The van der Waals surface area contributed by atoms with Crippen molar-refractivity contribution in [2.24, 2.45) is 0 Å². The van der Waals surface area contributed by atoms with Gasteiger partial charge in [0.2, 0.25) is 0 Å². The van der Waals surface area contributed by atoms with Crippen LogP contribution in [0.2, 0.25) is 0 Å². The lowest BCUT2D eigenvalue weighted by Crippen LogP contribution is -2.44. The smallest absolute Gasteiger partial charge is 0.309 e. The van der Waals surface area contributed by atoms with Crippen molar-refractivity contribution in [1.82, 2.24) is 15.2 Å². The predicted octanol–water partition coefficient (Wildman–Crippen LogP) is 0.779. The summed E-state index contributed by atoms with van der Waals surface area (Å²) in [6.45, 7) is 7.42. The molecule has 0 radical (unpaired) electrons. The van der Waals surface area contributed by atoms with Crippen LogP contribution < -0.4 is 5.32 Å². The third kappa shape index (κ3) is 3.76. The number of thiazole rings is 1. The van der Waals surface area contributed by atoms with E-state index in [1.165, 1.54) is 0 Å². The SMILES string of the molecule is CC(CN1CCNCC1)c1nc(CC(=O)O)cs1. The molecule has 100 valence electrons. The van der Waals surface area contributed by atoms with Crippen molar-refractivity contribution in [2.75, 3.05) is 32.7 Å². The summed E-state index contributed by atoms with van der Waals surface area (Å²) in [6.07, 6.45) is 0.0247. The number of piperazine rings is 1. The first-order valence-corrected chi connectivity index (χ1v) is 7.12. The van der Waals surface area contributed by atoms with Gasteiger partial charge in [-0.2, -0.15) is 0 Å². The number of hydrogen-bond donors (Lipinski definition) is 2. The maximum Gasteiger partial charge on any atom is 0.309 e. The largest absolute Gasteiger partial charge is 0.481 e. The summed E-state index contributed by atoms with van der Waals surface area (Å²) in [5.74, 6) is -0.447. The number of carboxylic acids is 1. The minimum Gasteiger partial charge on any atom is -0.481 e. The molecule has 2 rings (SSSR count). The van der Waals surface area contributed by atoms with Gasteiger partial charge in [-0.1, -0.05) is 6.92 Å². The molecule has 1 unspecified atom stereocenters. The van der Waals surface area contributed by atoms with Crippen molar-refractivity contribution >= 4 is 17.3 Å². The summed E-state index contributed by atoms with van der Waals surface area (Å²) in [7, 11) is 0. The second-order valence-corrected chi connectivity index (χ2v) is 5.59. The first-order chi connectivity index (χ1) is 8.65. The highest BCUT2D eigenvalue weighted by molar-refractivity contribution is 7.09. The van der Waals surface area contributed by atoms with Gasteiger partial charge in [0.05, 0.1) is 17.1 Å². The summed E-state index contributed by atoms with van der Waals surface area (Å²) in [5.41, 5.74) is 0.676. The lowest BCUT2D eigenvalue weighted by molar-refractivity contribution is -0.136. The zero-order valence-corrected chi connectivity index (χ0v) is 11.4. The normalized spacial score (nSPS) is 18.7. The molecule has 1 fully saturated rings. The number of carboxylic acid groups (broad SMARTS) is 1. The summed E-state index contributed by atoms with van der Waals surface area (Å²) in [6, 6.07) is 0. The van der Waals surface area contributed by atoms with E-state index in [2.05, 4.69) is 22.1 Å². The van der Waals surface area contributed by atoms with E-state index >= 15 is 0 Å². The maximum absolute atomic E-state index is 10.6. The quantitative estimate of drug-likeness (QED) is 0.827. The minimum atomic E-state index is -0.818. The molecule has 5 nitrogen and oxygen atoms in total. The zero-order chi connectivity index (χ0) is 13.0. The van der Waals surface area contributed by atoms with Gasteiger partial charge >= 0.3 is 5.97 Å². The molecule has 1 aromatic rings. The minimum absolute atomic E-state index is 0.0247. The topological polar surface area (TPSA) is 65.5 Å². The van der Waals surface area contributed by atoms with Crippen molar-refractivity contribution in [3.8, 4) is 0 Å². The van der Waals surface area contributed by atoms with Gasteiger partial charge < -0.3 is 15.3 Å². The van der Waals surface area contributed by atoms with Crippen LogP contribution in [0.15, 0.2) is 5.38 Å². The first-order valence-electron chi connectivity index (χ1n) is 6.24. The number of nitrogens with one attached hydrogen (secondary N) is 1. The average Bonchev–Trinajstić information content (AvgIpc) is 2.78. The summed E-state index contributed by atoms with van der Waals surface area (Å²) in [4.78, 5) is 17.5. The van der Waals surface area contributed by atoms with Gasteiger partial charge in [-0.25, -0.2) is 4.98 Å². The highest BCUT2D eigenvalue weighted by Gasteiger charge is 2.17. The Morgan fingerprint density at radius 2 is 2.33 bits per heavy atom. The fourth-order valence-electron chi connectivity index (χ4n) is 2.14. The van der Waals surface area contributed by atoms with Crippen LogP contribution in [0, 0.1) is 0 Å². The van der Waals surface area contributed by atoms with Crippen LogP contribution in [0.4, 0.5) is 0 Å². The molecule has 18 heavy (non-hydrogen) atoms. The van der Waals surface area contributed by atoms with Gasteiger partial charge in [0.25, 0.3) is 0 Å². The monoisotopic (exact) mass is 269 g/mol. The lowest BCUT2D eigenvalue weighted by atomic mass is 10.1. The summed E-state index contributed by atoms with van der Waals surface area (Å²) in [5, 5.41) is 15.0.